The van der Waals surface area contributed by atoms with E-state index in [-0.39, 0.29) is 23.7 Å². The number of rotatable bonds is 8. The Kier molecular flexibility index (Phi) is 6.79. The van der Waals surface area contributed by atoms with Crippen LogP contribution in [0.1, 0.15) is 5.56 Å². The number of carbonyl (C=O) groups is 1. The molecule has 0 aliphatic rings. The molecule has 0 spiro atoms. The van der Waals surface area contributed by atoms with Gasteiger partial charge in [0.15, 0.2) is 11.5 Å². The van der Waals surface area contributed by atoms with Gasteiger partial charge < -0.3 is 14.8 Å². The van der Waals surface area contributed by atoms with Crippen LogP contribution in [0.5, 0.6) is 11.5 Å². The monoisotopic (exact) mass is 411 g/mol. The Balaban J connectivity index is 1.62. The van der Waals surface area contributed by atoms with Crippen LogP contribution in [0.3, 0.4) is 0 Å². The Morgan fingerprint density at radius 2 is 1.83 bits per heavy atom. The van der Waals surface area contributed by atoms with Crippen LogP contribution >= 0.6 is 0 Å². The second-order valence-corrected chi connectivity index (χ2v) is 6.48. The first-order chi connectivity index (χ1) is 14.5. The van der Waals surface area contributed by atoms with Gasteiger partial charge in [0.25, 0.3) is 5.56 Å². The minimum Gasteiger partial charge on any atom is -0.493 e. The van der Waals surface area contributed by atoms with Crippen LogP contribution in [0.2, 0.25) is 0 Å². The van der Waals surface area contributed by atoms with Gasteiger partial charge in [0, 0.05) is 18.2 Å². The molecule has 7 nitrogen and oxygen atoms in total. The number of nitrogens with one attached hydrogen (secondary N) is 1. The highest BCUT2D eigenvalue weighted by Gasteiger charge is 2.11. The molecule has 0 atom stereocenters. The molecular weight excluding hydrogens is 389 g/mol. The minimum atomic E-state index is -0.449. The first-order valence-corrected chi connectivity index (χ1v) is 9.32. The smallest absolute Gasteiger partial charge is 0.267 e. The van der Waals surface area contributed by atoms with E-state index in [1.165, 1.54) is 18.2 Å². The molecule has 1 N–H and O–H groups in total. The Morgan fingerprint density at radius 3 is 2.57 bits per heavy atom. The number of aromatic nitrogens is 2. The zero-order chi connectivity index (χ0) is 21.5. The number of methoxy groups -OCH3 is 2. The third-order valence-electron chi connectivity index (χ3n) is 4.49. The maximum atomic E-state index is 14.0. The lowest BCUT2D eigenvalue weighted by molar-refractivity contribution is -0.121. The van der Waals surface area contributed by atoms with Gasteiger partial charge in [-0.15, -0.1) is 0 Å². The molecule has 1 heterocycles. The molecule has 0 fully saturated rings. The molecule has 0 aliphatic heterocycles. The lowest BCUT2D eigenvalue weighted by Gasteiger charge is -2.11. The largest absolute Gasteiger partial charge is 0.493 e. The van der Waals surface area contributed by atoms with Crippen molar-refractivity contribution >= 4 is 5.91 Å². The fraction of sp³-hybridized carbons (Fsp3) is 0.227. The van der Waals surface area contributed by atoms with Crippen molar-refractivity contribution in [2.45, 2.75) is 13.0 Å². The number of nitrogens with zero attached hydrogens (tertiary/aromatic N) is 2. The van der Waals surface area contributed by atoms with Crippen LogP contribution in [-0.4, -0.2) is 36.5 Å². The summed E-state index contributed by atoms with van der Waals surface area (Å²) in [4.78, 5) is 24.3. The second-order valence-electron chi connectivity index (χ2n) is 6.48. The topological polar surface area (TPSA) is 82.5 Å². The van der Waals surface area contributed by atoms with Crippen LogP contribution in [0.15, 0.2) is 59.4 Å². The minimum absolute atomic E-state index is 0.257. The maximum absolute atomic E-state index is 14.0. The van der Waals surface area contributed by atoms with Crippen LogP contribution in [0.4, 0.5) is 4.39 Å². The van der Waals surface area contributed by atoms with Gasteiger partial charge in [-0.1, -0.05) is 18.2 Å². The highest BCUT2D eigenvalue weighted by Crippen LogP contribution is 2.27. The van der Waals surface area contributed by atoms with Gasteiger partial charge in [0.05, 0.1) is 19.9 Å². The highest BCUT2D eigenvalue weighted by molar-refractivity contribution is 5.75. The van der Waals surface area contributed by atoms with Gasteiger partial charge >= 0.3 is 0 Å². The van der Waals surface area contributed by atoms with Crippen molar-refractivity contribution < 1.29 is 18.7 Å². The molecule has 1 amide bonds. The average molecular weight is 411 g/mol. The van der Waals surface area contributed by atoms with Crippen molar-refractivity contribution in [3.8, 4) is 22.8 Å². The standard InChI is InChI=1S/C22H22FN3O4/c1-29-19-9-7-15(13-20(19)30-2)11-12-24-21(27)14-26-22(28)10-8-18(25-26)16-5-3-4-6-17(16)23/h3-10,13H,11-12,14H2,1-2H3,(H,24,27). The summed E-state index contributed by atoms with van der Waals surface area (Å²) in [6.45, 7) is 0.114. The zero-order valence-electron chi connectivity index (χ0n) is 16.7. The quantitative estimate of drug-likeness (QED) is 0.616. The molecule has 0 saturated carbocycles. The Bertz CT molecular complexity index is 1100. The number of ether oxygens (including phenoxy) is 2. The number of amides is 1. The van der Waals surface area contributed by atoms with Crippen LogP contribution in [-0.2, 0) is 17.8 Å². The van der Waals surface area contributed by atoms with E-state index in [2.05, 4.69) is 10.4 Å². The van der Waals surface area contributed by atoms with E-state index in [4.69, 9.17) is 9.47 Å². The van der Waals surface area contributed by atoms with Gasteiger partial charge in [-0.3, -0.25) is 9.59 Å². The van der Waals surface area contributed by atoms with Crippen LogP contribution in [0.25, 0.3) is 11.3 Å². The van der Waals surface area contributed by atoms with Crippen molar-refractivity contribution in [2.75, 3.05) is 20.8 Å². The number of halogens is 1. The van der Waals surface area contributed by atoms with Gasteiger partial charge in [0.1, 0.15) is 12.4 Å². The molecule has 3 rings (SSSR count). The molecule has 0 unspecified atom stereocenters. The molecule has 1 aromatic heterocycles. The van der Waals surface area contributed by atoms with Crippen LogP contribution < -0.4 is 20.3 Å². The molecule has 2 aromatic carbocycles. The van der Waals surface area contributed by atoms with Gasteiger partial charge in [-0.2, -0.15) is 5.10 Å². The summed E-state index contributed by atoms with van der Waals surface area (Å²) in [6.07, 6.45) is 0.573. The summed E-state index contributed by atoms with van der Waals surface area (Å²) in [5.41, 5.74) is 1.07. The van der Waals surface area contributed by atoms with Crippen molar-refractivity contribution in [1.82, 2.24) is 15.1 Å². The van der Waals surface area contributed by atoms with E-state index in [1.807, 2.05) is 12.1 Å². The Labute approximate surface area is 173 Å². The van der Waals surface area contributed by atoms with Gasteiger partial charge in [0.2, 0.25) is 5.91 Å². The van der Waals surface area contributed by atoms with E-state index in [0.29, 0.717) is 24.5 Å². The van der Waals surface area contributed by atoms with E-state index in [9.17, 15) is 14.0 Å². The van der Waals surface area contributed by atoms with Crippen LogP contribution in [0, 0.1) is 5.82 Å². The first kappa shape index (κ1) is 21.0. The third kappa shape index (κ3) is 5.02. The van der Waals surface area contributed by atoms with Crippen molar-refractivity contribution in [2.24, 2.45) is 0 Å². The fourth-order valence-electron chi connectivity index (χ4n) is 2.95. The zero-order valence-corrected chi connectivity index (χ0v) is 16.7. The van der Waals surface area contributed by atoms with Gasteiger partial charge in [-0.05, 0) is 42.3 Å². The average Bonchev–Trinajstić information content (AvgIpc) is 2.75. The molecule has 0 radical (unpaired) electrons. The SMILES string of the molecule is COc1ccc(CCNC(=O)Cn2nc(-c3ccccc3F)ccc2=O)cc1OC. The van der Waals surface area contributed by atoms with Crippen molar-refractivity contribution in [3.63, 3.8) is 0 Å². The molecule has 3 aromatic rings. The summed E-state index contributed by atoms with van der Waals surface area (Å²) in [5, 5.41) is 6.88. The normalized spacial score (nSPS) is 10.5. The number of carbonyl (C=O) groups excluding carboxylic acids is 1. The molecule has 0 bridgehead atoms. The van der Waals surface area contributed by atoms with E-state index in [0.717, 1.165) is 10.2 Å². The lowest BCUT2D eigenvalue weighted by atomic mass is 10.1. The fourth-order valence-corrected chi connectivity index (χ4v) is 2.95. The van der Waals surface area contributed by atoms with E-state index in [1.54, 1.807) is 38.5 Å². The first-order valence-electron chi connectivity index (χ1n) is 9.32. The number of benzene rings is 2. The maximum Gasteiger partial charge on any atom is 0.267 e. The summed E-state index contributed by atoms with van der Waals surface area (Å²) in [5.74, 6) is 0.429. The number of hydrogen-bond acceptors (Lipinski definition) is 5. The Hall–Kier alpha value is -3.68. The highest BCUT2D eigenvalue weighted by atomic mass is 19.1. The molecule has 0 saturated heterocycles. The summed E-state index contributed by atoms with van der Waals surface area (Å²) < 4.78 is 25.5. The third-order valence-corrected chi connectivity index (χ3v) is 4.49. The molecule has 30 heavy (non-hydrogen) atoms. The summed E-state index contributed by atoms with van der Waals surface area (Å²) >= 11 is 0. The molecule has 0 aliphatic carbocycles. The molecular formula is C22H22FN3O4. The lowest BCUT2D eigenvalue weighted by Crippen LogP contribution is -2.34. The Morgan fingerprint density at radius 1 is 1.07 bits per heavy atom. The van der Waals surface area contributed by atoms with E-state index >= 15 is 0 Å². The second kappa shape index (κ2) is 9.69. The number of hydrogen-bond donors (Lipinski definition) is 1. The van der Waals surface area contributed by atoms with Crippen molar-refractivity contribution in [1.29, 1.82) is 0 Å². The molecule has 8 heteroatoms. The predicted molar refractivity (Wildman–Crippen MR) is 110 cm³/mol. The van der Waals surface area contributed by atoms with Gasteiger partial charge in [-0.25, -0.2) is 9.07 Å². The summed E-state index contributed by atoms with van der Waals surface area (Å²) in [7, 11) is 3.12. The van der Waals surface area contributed by atoms with Crippen molar-refractivity contribution in [3.05, 3.63) is 76.3 Å². The molecule has 156 valence electrons. The van der Waals surface area contributed by atoms with E-state index < -0.39 is 11.4 Å². The summed E-state index contributed by atoms with van der Waals surface area (Å²) in [6, 6.07) is 14.4. The predicted octanol–water partition coefficient (Wildman–Crippen LogP) is 2.43.